The Hall–Kier alpha value is -3.57. The molecule has 0 bridgehead atoms. The molecule has 0 aromatic heterocycles. The zero-order valence-electron chi connectivity index (χ0n) is 17.5. The predicted molar refractivity (Wildman–Crippen MR) is 123 cm³/mol. The molecule has 0 unspecified atom stereocenters. The van der Waals surface area contributed by atoms with Gasteiger partial charge in [0.2, 0.25) is 0 Å². The lowest BCUT2D eigenvalue weighted by Gasteiger charge is -2.13. The third-order valence-electron chi connectivity index (χ3n) is 4.60. The number of amides is 3. The molecule has 3 rings (SSSR count). The summed E-state index contributed by atoms with van der Waals surface area (Å²) in [6, 6.07) is 8.75. The van der Waals surface area contributed by atoms with Crippen LogP contribution in [-0.2, 0) is 4.79 Å². The zero-order chi connectivity index (χ0) is 24.1. The first kappa shape index (κ1) is 24.1. The second kappa shape index (κ2) is 10.4. The summed E-state index contributed by atoms with van der Waals surface area (Å²) >= 11 is 6.51. The van der Waals surface area contributed by atoms with E-state index in [1.807, 2.05) is 0 Å². The molecule has 12 heteroatoms. The summed E-state index contributed by atoms with van der Waals surface area (Å²) in [6.07, 6.45) is 1.39. The molecule has 172 valence electrons. The highest BCUT2D eigenvalue weighted by molar-refractivity contribution is 8.18. The van der Waals surface area contributed by atoms with Gasteiger partial charge in [-0.25, -0.2) is 0 Å². The maximum atomic E-state index is 12.6. The summed E-state index contributed by atoms with van der Waals surface area (Å²) in [4.78, 5) is 48.8. The molecule has 3 amide bonds. The second-order valence-corrected chi connectivity index (χ2v) is 8.03. The van der Waals surface area contributed by atoms with Crippen molar-refractivity contribution < 1.29 is 28.8 Å². The van der Waals surface area contributed by atoms with Crippen LogP contribution in [0.15, 0.2) is 41.3 Å². The fraction of sp³-hybridized carbons (Fsp3) is 0.190. The van der Waals surface area contributed by atoms with Crippen LogP contribution in [0.3, 0.4) is 0 Å². The maximum absolute atomic E-state index is 12.6. The molecule has 0 aliphatic carbocycles. The lowest BCUT2D eigenvalue weighted by atomic mass is 10.2. The number of thioether (sulfide) groups is 1. The van der Waals surface area contributed by atoms with Crippen molar-refractivity contribution in [3.8, 4) is 11.5 Å². The number of methoxy groups -OCH3 is 2. The quantitative estimate of drug-likeness (QED) is 0.336. The minimum absolute atomic E-state index is 0.0320. The Balaban J connectivity index is 1.64. The van der Waals surface area contributed by atoms with Crippen molar-refractivity contribution in [3.63, 3.8) is 0 Å². The molecule has 0 saturated carbocycles. The van der Waals surface area contributed by atoms with Crippen molar-refractivity contribution in [1.29, 1.82) is 0 Å². The number of benzene rings is 2. The largest absolute Gasteiger partial charge is 0.493 e. The number of hydrogen-bond acceptors (Lipinski definition) is 8. The third-order valence-corrected chi connectivity index (χ3v) is 5.83. The van der Waals surface area contributed by atoms with Crippen LogP contribution in [0, 0.1) is 10.1 Å². The van der Waals surface area contributed by atoms with Crippen molar-refractivity contribution in [2.75, 3.05) is 27.3 Å². The van der Waals surface area contributed by atoms with Gasteiger partial charge in [-0.1, -0.05) is 17.7 Å². The van der Waals surface area contributed by atoms with E-state index in [0.717, 1.165) is 4.90 Å². The van der Waals surface area contributed by atoms with E-state index in [0.29, 0.717) is 34.4 Å². The lowest BCUT2D eigenvalue weighted by Crippen LogP contribution is -2.37. The van der Waals surface area contributed by atoms with Crippen LogP contribution in [0.1, 0.15) is 15.9 Å². The first-order chi connectivity index (χ1) is 15.7. The number of ether oxygens (including phenoxy) is 2. The topological polar surface area (TPSA) is 128 Å². The van der Waals surface area contributed by atoms with Gasteiger partial charge >= 0.3 is 0 Å². The fourth-order valence-corrected chi connectivity index (χ4v) is 4.02. The van der Waals surface area contributed by atoms with Gasteiger partial charge in [0.25, 0.3) is 22.7 Å². The summed E-state index contributed by atoms with van der Waals surface area (Å²) in [6.45, 7) is -0.00723. The first-order valence-electron chi connectivity index (χ1n) is 9.44. The molecule has 1 fully saturated rings. The summed E-state index contributed by atoms with van der Waals surface area (Å²) in [7, 11) is 2.94. The molecule has 0 spiro atoms. The van der Waals surface area contributed by atoms with Crippen LogP contribution in [0.2, 0.25) is 5.02 Å². The number of nitrogens with zero attached hydrogens (tertiary/aromatic N) is 2. The van der Waals surface area contributed by atoms with E-state index < -0.39 is 22.0 Å². The van der Waals surface area contributed by atoms with Crippen molar-refractivity contribution in [1.82, 2.24) is 10.2 Å². The fourth-order valence-electron chi connectivity index (χ4n) is 2.96. The van der Waals surface area contributed by atoms with Gasteiger partial charge in [-0.05, 0) is 47.7 Å². The van der Waals surface area contributed by atoms with Crippen molar-refractivity contribution >= 4 is 52.2 Å². The molecule has 1 aliphatic heterocycles. The average Bonchev–Trinajstić information content (AvgIpc) is 3.06. The average molecular weight is 492 g/mol. The van der Waals surface area contributed by atoms with Crippen LogP contribution in [-0.4, -0.2) is 54.2 Å². The number of carbonyl (C=O) groups excluding carboxylic acids is 3. The highest BCUT2D eigenvalue weighted by Gasteiger charge is 2.34. The third kappa shape index (κ3) is 5.44. The van der Waals surface area contributed by atoms with Gasteiger partial charge in [0.1, 0.15) is 5.02 Å². The lowest BCUT2D eigenvalue weighted by molar-refractivity contribution is -0.384. The van der Waals surface area contributed by atoms with Crippen LogP contribution in [0.25, 0.3) is 6.08 Å². The van der Waals surface area contributed by atoms with Crippen LogP contribution >= 0.6 is 23.4 Å². The van der Waals surface area contributed by atoms with Crippen molar-refractivity contribution in [2.45, 2.75) is 0 Å². The molecular formula is C21H18ClN3O7S. The number of nitro benzene ring substituents is 1. The molecule has 0 atom stereocenters. The van der Waals surface area contributed by atoms with Crippen LogP contribution < -0.4 is 14.8 Å². The molecule has 2 aromatic carbocycles. The predicted octanol–water partition coefficient (Wildman–Crippen LogP) is 3.73. The van der Waals surface area contributed by atoms with E-state index in [1.54, 1.807) is 12.1 Å². The standard InChI is InChI=1S/C21H18ClN3O7S/c1-31-16-6-4-13(11-17(16)32-2)19(26)23-7-8-24-20(27)18(33-21(24)28)10-12-3-5-14(22)15(9-12)25(29)30/h3-6,9-11H,7-8H2,1-2H3,(H,23,26)/b18-10-. The van der Waals surface area contributed by atoms with Gasteiger partial charge < -0.3 is 14.8 Å². The normalized spacial score (nSPS) is 14.5. The number of imide groups is 1. The number of halogens is 1. The Kier molecular flexibility index (Phi) is 7.56. The molecule has 2 aromatic rings. The monoisotopic (exact) mass is 491 g/mol. The molecule has 33 heavy (non-hydrogen) atoms. The summed E-state index contributed by atoms with van der Waals surface area (Å²) in [5, 5.41) is 13.2. The number of hydrogen-bond donors (Lipinski definition) is 1. The Labute approximate surface area is 197 Å². The molecule has 1 heterocycles. The van der Waals surface area contributed by atoms with E-state index in [9.17, 15) is 24.5 Å². The number of nitrogens with one attached hydrogen (secondary N) is 1. The Morgan fingerprint density at radius 3 is 2.58 bits per heavy atom. The minimum atomic E-state index is -0.632. The van der Waals surface area contributed by atoms with Crippen molar-refractivity contribution in [2.24, 2.45) is 0 Å². The van der Waals surface area contributed by atoms with Gasteiger partial charge in [0.05, 0.1) is 24.0 Å². The molecule has 1 saturated heterocycles. The highest BCUT2D eigenvalue weighted by Crippen LogP contribution is 2.33. The molecule has 1 aliphatic rings. The van der Waals surface area contributed by atoms with Gasteiger partial charge in [-0.15, -0.1) is 0 Å². The Morgan fingerprint density at radius 1 is 1.18 bits per heavy atom. The molecular weight excluding hydrogens is 474 g/mol. The van der Waals surface area contributed by atoms with E-state index >= 15 is 0 Å². The SMILES string of the molecule is COc1ccc(C(=O)NCCN2C(=O)S/C(=C\c3ccc(Cl)c([N+](=O)[O-])c3)C2=O)cc1OC. The summed E-state index contributed by atoms with van der Waals surface area (Å²) < 4.78 is 10.3. The smallest absolute Gasteiger partial charge is 0.293 e. The van der Waals surface area contributed by atoms with E-state index in [2.05, 4.69) is 5.32 Å². The van der Waals surface area contributed by atoms with Crippen LogP contribution in [0.4, 0.5) is 10.5 Å². The minimum Gasteiger partial charge on any atom is -0.493 e. The Morgan fingerprint density at radius 2 is 1.91 bits per heavy atom. The molecule has 1 N–H and O–H groups in total. The van der Waals surface area contributed by atoms with Gasteiger partial charge in [-0.3, -0.25) is 29.4 Å². The van der Waals surface area contributed by atoms with Gasteiger partial charge in [0, 0.05) is 24.7 Å². The number of rotatable bonds is 8. The van der Waals surface area contributed by atoms with E-state index in [-0.39, 0.29) is 28.7 Å². The highest BCUT2D eigenvalue weighted by atomic mass is 35.5. The first-order valence-corrected chi connectivity index (χ1v) is 10.6. The molecule has 10 nitrogen and oxygen atoms in total. The van der Waals surface area contributed by atoms with Gasteiger partial charge in [-0.2, -0.15) is 0 Å². The zero-order valence-corrected chi connectivity index (χ0v) is 19.1. The Bertz CT molecular complexity index is 1170. The van der Waals surface area contributed by atoms with Gasteiger partial charge in [0.15, 0.2) is 11.5 Å². The van der Waals surface area contributed by atoms with E-state index in [4.69, 9.17) is 21.1 Å². The summed E-state index contributed by atoms with van der Waals surface area (Å²) in [5.41, 5.74) is 0.381. The van der Waals surface area contributed by atoms with E-state index in [1.165, 1.54) is 44.6 Å². The van der Waals surface area contributed by atoms with Crippen LogP contribution in [0.5, 0.6) is 11.5 Å². The summed E-state index contributed by atoms with van der Waals surface area (Å²) in [5.74, 6) is -0.0942. The molecule has 0 radical (unpaired) electrons. The second-order valence-electron chi connectivity index (χ2n) is 6.63. The maximum Gasteiger partial charge on any atom is 0.293 e. The number of carbonyl (C=O) groups is 3. The number of nitro groups is 1. The van der Waals surface area contributed by atoms with Crippen molar-refractivity contribution in [3.05, 3.63) is 67.6 Å².